The lowest BCUT2D eigenvalue weighted by Gasteiger charge is -2.18. The van der Waals surface area contributed by atoms with Gasteiger partial charge in [0.25, 0.3) is 5.91 Å². The zero-order valence-corrected chi connectivity index (χ0v) is 15.3. The average molecular weight is 402 g/mol. The Morgan fingerprint density at radius 3 is 2.53 bits per heavy atom. The van der Waals surface area contributed by atoms with Gasteiger partial charge in [0.2, 0.25) is 0 Å². The second-order valence-corrected chi connectivity index (χ2v) is 6.30. The van der Waals surface area contributed by atoms with Crippen molar-refractivity contribution in [1.82, 2.24) is 19.9 Å². The van der Waals surface area contributed by atoms with Crippen LogP contribution in [-0.2, 0) is 5.92 Å². The molecule has 0 aliphatic heterocycles. The molecule has 0 atom stereocenters. The van der Waals surface area contributed by atoms with Crippen LogP contribution < -0.4 is 5.32 Å². The van der Waals surface area contributed by atoms with Crippen LogP contribution in [0.4, 0.5) is 14.6 Å². The molecule has 0 aliphatic carbocycles. The second kappa shape index (κ2) is 7.60. The van der Waals surface area contributed by atoms with Gasteiger partial charge in [-0.1, -0.05) is 6.07 Å². The minimum Gasteiger partial charge on any atom is -0.306 e. The Balaban J connectivity index is 1.78. The number of benzene rings is 1. The predicted octanol–water partition coefficient (Wildman–Crippen LogP) is 3.68. The Hall–Kier alpha value is -4.32. The van der Waals surface area contributed by atoms with Gasteiger partial charge in [-0.05, 0) is 30.3 Å². The number of pyridine rings is 2. The lowest BCUT2D eigenvalue weighted by molar-refractivity contribution is 0.0421. The summed E-state index contributed by atoms with van der Waals surface area (Å²) < 4.78 is 30.2. The molecule has 0 spiro atoms. The molecule has 0 saturated carbocycles. The number of aromatic nitrogens is 4. The smallest absolute Gasteiger partial charge is 0.301 e. The number of nitrogens with zero attached hydrogens (tertiary/aromatic N) is 5. The van der Waals surface area contributed by atoms with Gasteiger partial charge in [0, 0.05) is 35.7 Å². The molecule has 146 valence electrons. The van der Waals surface area contributed by atoms with Gasteiger partial charge < -0.3 is 5.32 Å². The molecular formula is C21H12F2N6O. The number of amides is 1. The summed E-state index contributed by atoms with van der Waals surface area (Å²) in [5.41, 5.74) is -0.228. The van der Waals surface area contributed by atoms with E-state index in [1.165, 1.54) is 30.6 Å². The summed E-state index contributed by atoms with van der Waals surface area (Å²) in [6.45, 7) is 0. The first-order valence-corrected chi connectivity index (χ1v) is 8.69. The van der Waals surface area contributed by atoms with Crippen molar-refractivity contribution >= 4 is 22.6 Å². The zero-order valence-electron chi connectivity index (χ0n) is 15.3. The molecule has 4 rings (SSSR count). The molecule has 9 heteroatoms. The Kier molecular flexibility index (Phi) is 4.82. The van der Waals surface area contributed by atoms with E-state index in [0.717, 1.165) is 24.8 Å². The van der Waals surface area contributed by atoms with Crippen molar-refractivity contribution in [2.45, 2.75) is 5.92 Å². The number of carbonyl (C=O) groups is 1. The third-order valence-electron chi connectivity index (χ3n) is 4.37. The molecule has 3 heterocycles. The van der Waals surface area contributed by atoms with E-state index < -0.39 is 23.0 Å². The Morgan fingerprint density at radius 2 is 1.83 bits per heavy atom. The molecule has 0 bridgehead atoms. The van der Waals surface area contributed by atoms with Crippen LogP contribution in [0.5, 0.6) is 0 Å². The number of anilines is 1. The van der Waals surface area contributed by atoms with Crippen LogP contribution >= 0.6 is 0 Å². The summed E-state index contributed by atoms with van der Waals surface area (Å²) in [6.07, 6.45) is 5.99. The van der Waals surface area contributed by atoms with Gasteiger partial charge in [0.1, 0.15) is 18.2 Å². The lowest BCUT2D eigenvalue weighted by atomic mass is 9.97. The van der Waals surface area contributed by atoms with Crippen LogP contribution in [0.1, 0.15) is 27.0 Å². The van der Waals surface area contributed by atoms with E-state index in [-0.39, 0.29) is 16.9 Å². The summed E-state index contributed by atoms with van der Waals surface area (Å²) in [4.78, 5) is 28.3. The van der Waals surface area contributed by atoms with Gasteiger partial charge in [0.15, 0.2) is 0 Å². The summed E-state index contributed by atoms with van der Waals surface area (Å²) in [7, 11) is 0. The van der Waals surface area contributed by atoms with Gasteiger partial charge in [0.05, 0.1) is 22.2 Å². The van der Waals surface area contributed by atoms with Crippen LogP contribution in [0, 0.1) is 11.3 Å². The topological polar surface area (TPSA) is 104 Å². The summed E-state index contributed by atoms with van der Waals surface area (Å²) in [5, 5.41) is 11.8. The van der Waals surface area contributed by atoms with Crippen molar-refractivity contribution in [1.29, 1.82) is 5.26 Å². The Bertz CT molecular complexity index is 1270. The molecule has 1 aromatic carbocycles. The quantitative estimate of drug-likeness (QED) is 0.558. The fraction of sp³-hybridized carbons (Fsp3) is 0.0476. The second-order valence-electron chi connectivity index (χ2n) is 6.30. The highest BCUT2D eigenvalue weighted by Gasteiger charge is 2.36. The summed E-state index contributed by atoms with van der Waals surface area (Å²) in [5.74, 6) is -3.90. The van der Waals surface area contributed by atoms with E-state index in [2.05, 4.69) is 25.3 Å². The van der Waals surface area contributed by atoms with Crippen LogP contribution in [0.2, 0.25) is 0 Å². The maximum Gasteiger partial charge on any atom is 0.301 e. The molecule has 3 aromatic heterocycles. The van der Waals surface area contributed by atoms with Gasteiger partial charge >= 0.3 is 5.92 Å². The zero-order chi connectivity index (χ0) is 21.1. The maximum atomic E-state index is 15.1. The normalized spacial score (nSPS) is 11.1. The molecular weight excluding hydrogens is 390 g/mol. The van der Waals surface area contributed by atoms with Crippen molar-refractivity contribution in [2.75, 3.05) is 5.32 Å². The minimum atomic E-state index is -3.42. The van der Waals surface area contributed by atoms with E-state index in [9.17, 15) is 4.79 Å². The predicted molar refractivity (Wildman–Crippen MR) is 104 cm³/mol. The van der Waals surface area contributed by atoms with Crippen molar-refractivity contribution < 1.29 is 13.6 Å². The minimum absolute atomic E-state index is 0.0363. The van der Waals surface area contributed by atoms with E-state index in [0.29, 0.717) is 10.9 Å². The number of hydrogen-bond donors (Lipinski definition) is 1. The molecule has 0 aliphatic rings. The summed E-state index contributed by atoms with van der Waals surface area (Å²) >= 11 is 0. The number of hydrogen-bond acceptors (Lipinski definition) is 6. The molecule has 0 unspecified atom stereocenters. The van der Waals surface area contributed by atoms with E-state index in [1.807, 2.05) is 6.07 Å². The van der Waals surface area contributed by atoms with Gasteiger partial charge in [-0.2, -0.15) is 14.0 Å². The van der Waals surface area contributed by atoms with Crippen molar-refractivity contribution in [3.05, 3.63) is 89.8 Å². The first kappa shape index (κ1) is 19.0. The molecule has 7 nitrogen and oxygen atoms in total. The van der Waals surface area contributed by atoms with E-state index in [4.69, 9.17) is 5.26 Å². The van der Waals surface area contributed by atoms with E-state index >= 15 is 8.78 Å². The average Bonchev–Trinajstić information content (AvgIpc) is 2.79. The van der Waals surface area contributed by atoms with Crippen molar-refractivity contribution in [3.8, 4) is 6.07 Å². The van der Waals surface area contributed by atoms with Crippen molar-refractivity contribution in [3.63, 3.8) is 0 Å². The molecule has 0 radical (unpaired) electrons. The highest BCUT2D eigenvalue weighted by atomic mass is 19.3. The van der Waals surface area contributed by atoms with E-state index in [1.54, 1.807) is 12.1 Å². The molecule has 0 fully saturated rings. The monoisotopic (exact) mass is 402 g/mol. The highest BCUT2D eigenvalue weighted by Crippen LogP contribution is 2.37. The number of rotatable bonds is 4. The number of nitriles is 1. The SMILES string of the molecule is N#Cc1ccc(NC(=O)c2cc(C(F)(F)c3cncnc3)cc3cccnc23)nc1. The standard InChI is InChI=1S/C21H12F2N6O/c22-21(23,16-10-25-12-26-11-16)15-6-14-2-1-5-27-19(14)17(7-15)20(30)29-18-4-3-13(8-24)9-28-18/h1-7,9-12H,(H,28,29,30). The highest BCUT2D eigenvalue weighted by molar-refractivity contribution is 6.11. The van der Waals surface area contributed by atoms with Crippen LogP contribution in [0.25, 0.3) is 10.9 Å². The molecule has 30 heavy (non-hydrogen) atoms. The largest absolute Gasteiger partial charge is 0.306 e. The summed E-state index contributed by atoms with van der Waals surface area (Å²) in [6, 6.07) is 10.4. The van der Waals surface area contributed by atoms with Gasteiger partial charge in [-0.3, -0.25) is 9.78 Å². The van der Waals surface area contributed by atoms with Crippen molar-refractivity contribution in [2.24, 2.45) is 0 Å². The third-order valence-corrected chi connectivity index (χ3v) is 4.37. The van der Waals surface area contributed by atoms with Gasteiger partial charge in [-0.15, -0.1) is 0 Å². The number of fused-ring (bicyclic) bond motifs is 1. The van der Waals surface area contributed by atoms with Crippen LogP contribution in [0.3, 0.4) is 0 Å². The molecule has 1 amide bonds. The lowest BCUT2D eigenvalue weighted by Crippen LogP contribution is -2.19. The van der Waals surface area contributed by atoms with Gasteiger partial charge in [-0.25, -0.2) is 15.0 Å². The Labute approximate surface area is 169 Å². The number of nitrogens with one attached hydrogen (secondary N) is 1. The number of alkyl halides is 2. The van der Waals surface area contributed by atoms with Crippen LogP contribution in [-0.4, -0.2) is 25.8 Å². The fourth-order valence-corrected chi connectivity index (χ4v) is 2.89. The molecule has 4 aromatic rings. The molecule has 0 saturated heterocycles. The molecule has 1 N–H and O–H groups in total. The fourth-order valence-electron chi connectivity index (χ4n) is 2.89. The number of carbonyl (C=O) groups excluding carboxylic acids is 1. The Morgan fingerprint density at radius 1 is 1.03 bits per heavy atom. The number of halogens is 2. The van der Waals surface area contributed by atoms with Crippen LogP contribution in [0.15, 0.2) is 67.5 Å². The first-order chi connectivity index (χ1) is 14.5. The maximum absolute atomic E-state index is 15.1. The first-order valence-electron chi connectivity index (χ1n) is 8.69. The third kappa shape index (κ3) is 3.54.